The summed E-state index contributed by atoms with van der Waals surface area (Å²) in [6.45, 7) is 0.678. The Morgan fingerprint density at radius 1 is 1.50 bits per heavy atom. The largest absolute Gasteiger partial charge is 0.314 e. The highest BCUT2D eigenvalue weighted by Crippen LogP contribution is 2.25. The predicted molar refractivity (Wildman–Crippen MR) is 70.7 cm³/mol. The molecule has 0 aliphatic rings. The van der Waals surface area contributed by atoms with Gasteiger partial charge >= 0.3 is 0 Å². The van der Waals surface area contributed by atoms with Gasteiger partial charge in [-0.1, -0.05) is 0 Å². The summed E-state index contributed by atoms with van der Waals surface area (Å²) in [6.07, 6.45) is 1.82. The zero-order chi connectivity index (χ0) is 13.1. The van der Waals surface area contributed by atoms with Crippen LogP contribution in [0.3, 0.4) is 0 Å². The summed E-state index contributed by atoms with van der Waals surface area (Å²) in [6, 6.07) is 6.48. The van der Waals surface area contributed by atoms with Crippen molar-refractivity contribution in [3.63, 3.8) is 0 Å². The molecule has 1 N–H and O–H groups in total. The number of nitro benzene ring substituents is 1. The van der Waals surface area contributed by atoms with Crippen LogP contribution in [0, 0.1) is 10.1 Å². The SMILES string of the molecule is CNCc1ccn(-c2ccc([N+](=O)[O-])cc2Br)n1. The van der Waals surface area contributed by atoms with E-state index in [0.29, 0.717) is 11.0 Å². The standard InChI is InChI=1S/C11H11BrN4O2/c1-13-7-8-4-5-15(14-8)11-3-2-9(16(17)18)6-10(11)12/h2-6,13H,7H2,1H3. The normalized spacial score (nSPS) is 10.6. The fourth-order valence-corrected chi connectivity index (χ4v) is 2.11. The highest BCUT2D eigenvalue weighted by molar-refractivity contribution is 9.10. The summed E-state index contributed by atoms with van der Waals surface area (Å²) in [5.41, 5.74) is 1.72. The topological polar surface area (TPSA) is 73.0 Å². The van der Waals surface area contributed by atoms with E-state index in [-0.39, 0.29) is 5.69 Å². The lowest BCUT2D eigenvalue weighted by Gasteiger charge is -2.04. The second-order valence-corrected chi connectivity index (χ2v) is 4.53. The van der Waals surface area contributed by atoms with E-state index in [2.05, 4.69) is 26.3 Å². The summed E-state index contributed by atoms with van der Waals surface area (Å²) in [5, 5.41) is 18.0. The third-order valence-electron chi connectivity index (χ3n) is 2.39. The van der Waals surface area contributed by atoms with Crippen molar-refractivity contribution in [2.75, 3.05) is 7.05 Å². The molecule has 2 rings (SSSR count). The smallest absolute Gasteiger partial charge is 0.270 e. The van der Waals surface area contributed by atoms with E-state index in [4.69, 9.17) is 0 Å². The number of rotatable bonds is 4. The van der Waals surface area contributed by atoms with Crippen LogP contribution in [0.25, 0.3) is 5.69 Å². The van der Waals surface area contributed by atoms with Crippen LogP contribution in [0.15, 0.2) is 34.9 Å². The number of non-ortho nitro benzene ring substituents is 1. The van der Waals surface area contributed by atoms with Crippen molar-refractivity contribution in [1.82, 2.24) is 15.1 Å². The molecular formula is C11H11BrN4O2. The molecular weight excluding hydrogens is 300 g/mol. The number of nitrogens with one attached hydrogen (secondary N) is 1. The lowest BCUT2D eigenvalue weighted by Crippen LogP contribution is -2.06. The van der Waals surface area contributed by atoms with Crippen molar-refractivity contribution in [2.24, 2.45) is 0 Å². The molecule has 7 heteroatoms. The molecule has 0 spiro atoms. The molecule has 0 radical (unpaired) electrons. The van der Waals surface area contributed by atoms with E-state index in [1.807, 2.05) is 19.3 Å². The Labute approximate surface area is 112 Å². The van der Waals surface area contributed by atoms with Gasteiger partial charge < -0.3 is 5.32 Å². The second-order valence-electron chi connectivity index (χ2n) is 3.67. The average Bonchev–Trinajstić information content (AvgIpc) is 2.77. The van der Waals surface area contributed by atoms with Crippen molar-refractivity contribution >= 4 is 21.6 Å². The van der Waals surface area contributed by atoms with Crippen LogP contribution < -0.4 is 5.32 Å². The summed E-state index contributed by atoms with van der Waals surface area (Å²) in [5.74, 6) is 0. The Hall–Kier alpha value is -1.73. The van der Waals surface area contributed by atoms with Crippen molar-refractivity contribution in [3.8, 4) is 5.69 Å². The molecule has 0 aliphatic carbocycles. The van der Waals surface area contributed by atoms with E-state index in [9.17, 15) is 10.1 Å². The fraction of sp³-hybridized carbons (Fsp3) is 0.182. The third kappa shape index (κ3) is 2.57. The number of hydrogen-bond acceptors (Lipinski definition) is 4. The molecule has 18 heavy (non-hydrogen) atoms. The minimum Gasteiger partial charge on any atom is -0.314 e. The highest BCUT2D eigenvalue weighted by atomic mass is 79.9. The minimum absolute atomic E-state index is 0.0493. The fourth-order valence-electron chi connectivity index (χ4n) is 1.57. The van der Waals surface area contributed by atoms with Crippen LogP contribution in [-0.2, 0) is 6.54 Å². The number of halogens is 1. The first-order chi connectivity index (χ1) is 8.61. The van der Waals surface area contributed by atoms with Crippen LogP contribution in [0.4, 0.5) is 5.69 Å². The number of benzene rings is 1. The maximum atomic E-state index is 10.6. The Morgan fingerprint density at radius 2 is 2.28 bits per heavy atom. The molecule has 0 saturated heterocycles. The lowest BCUT2D eigenvalue weighted by molar-refractivity contribution is -0.384. The Bertz CT molecular complexity index is 582. The zero-order valence-corrected chi connectivity index (χ0v) is 11.2. The van der Waals surface area contributed by atoms with Gasteiger partial charge in [-0.3, -0.25) is 10.1 Å². The maximum absolute atomic E-state index is 10.6. The van der Waals surface area contributed by atoms with Crippen molar-refractivity contribution in [1.29, 1.82) is 0 Å². The molecule has 94 valence electrons. The molecule has 0 saturated carbocycles. The van der Waals surface area contributed by atoms with Gasteiger partial charge in [0, 0.05) is 24.9 Å². The second kappa shape index (κ2) is 5.28. The molecule has 1 heterocycles. The molecule has 0 bridgehead atoms. The summed E-state index contributed by atoms with van der Waals surface area (Å²) in [7, 11) is 1.85. The molecule has 0 aliphatic heterocycles. The van der Waals surface area contributed by atoms with Gasteiger partial charge in [-0.2, -0.15) is 5.10 Å². The molecule has 0 atom stereocenters. The van der Waals surface area contributed by atoms with Gasteiger partial charge in [0.2, 0.25) is 0 Å². The van der Waals surface area contributed by atoms with E-state index < -0.39 is 4.92 Å². The predicted octanol–water partition coefficient (Wildman–Crippen LogP) is 2.26. The molecule has 6 nitrogen and oxygen atoms in total. The van der Waals surface area contributed by atoms with E-state index in [1.54, 1.807) is 10.7 Å². The van der Waals surface area contributed by atoms with E-state index in [0.717, 1.165) is 11.4 Å². The molecule has 1 aromatic carbocycles. The highest BCUT2D eigenvalue weighted by Gasteiger charge is 2.11. The summed E-state index contributed by atoms with van der Waals surface area (Å²) >= 11 is 3.32. The van der Waals surface area contributed by atoms with Crippen LogP contribution in [-0.4, -0.2) is 21.8 Å². The van der Waals surface area contributed by atoms with Crippen molar-refractivity contribution < 1.29 is 4.92 Å². The first-order valence-electron chi connectivity index (χ1n) is 5.25. The van der Waals surface area contributed by atoms with Gasteiger partial charge in [0.05, 0.1) is 20.8 Å². The van der Waals surface area contributed by atoms with E-state index in [1.165, 1.54) is 12.1 Å². The Morgan fingerprint density at radius 3 is 2.89 bits per heavy atom. The monoisotopic (exact) mass is 310 g/mol. The molecule has 0 fully saturated rings. The van der Waals surface area contributed by atoms with Crippen LogP contribution >= 0.6 is 15.9 Å². The van der Waals surface area contributed by atoms with Gasteiger partial charge in [0.15, 0.2) is 0 Å². The molecule has 1 aromatic heterocycles. The van der Waals surface area contributed by atoms with E-state index >= 15 is 0 Å². The van der Waals surface area contributed by atoms with Gasteiger partial charge in [-0.25, -0.2) is 4.68 Å². The Balaban J connectivity index is 2.35. The van der Waals surface area contributed by atoms with Crippen LogP contribution in [0.1, 0.15) is 5.69 Å². The lowest BCUT2D eigenvalue weighted by atomic mass is 10.3. The molecule has 0 amide bonds. The van der Waals surface area contributed by atoms with Crippen molar-refractivity contribution in [2.45, 2.75) is 6.54 Å². The summed E-state index contributed by atoms with van der Waals surface area (Å²) < 4.78 is 2.32. The van der Waals surface area contributed by atoms with Gasteiger partial charge in [0.1, 0.15) is 0 Å². The van der Waals surface area contributed by atoms with Gasteiger partial charge in [0.25, 0.3) is 5.69 Å². The quantitative estimate of drug-likeness (QED) is 0.694. The number of nitrogens with zero attached hydrogens (tertiary/aromatic N) is 3. The number of nitro groups is 1. The van der Waals surface area contributed by atoms with Crippen LogP contribution in [0.2, 0.25) is 0 Å². The average molecular weight is 311 g/mol. The van der Waals surface area contributed by atoms with Crippen molar-refractivity contribution in [3.05, 3.63) is 50.7 Å². The number of hydrogen-bond donors (Lipinski definition) is 1. The Kier molecular flexibility index (Phi) is 3.73. The molecule has 2 aromatic rings. The first-order valence-corrected chi connectivity index (χ1v) is 6.04. The third-order valence-corrected chi connectivity index (χ3v) is 3.03. The number of aromatic nitrogens is 2. The molecule has 0 unspecified atom stereocenters. The summed E-state index contributed by atoms with van der Waals surface area (Å²) in [4.78, 5) is 10.2. The van der Waals surface area contributed by atoms with Gasteiger partial charge in [-0.15, -0.1) is 0 Å². The van der Waals surface area contributed by atoms with Gasteiger partial charge in [-0.05, 0) is 35.1 Å². The first kappa shape index (κ1) is 12.7. The van der Waals surface area contributed by atoms with Crippen LogP contribution in [0.5, 0.6) is 0 Å². The maximum Gasteiger partial charge on any atom is 0.270 e. The minimum atomic E-state index is -0.427. The zero-order valence-electron chi connectivity index (χ0n) is 9.63.